The zero-order valence-electron chi connectivity index (χ0n) is 29.3. The van der Waals surface area contributed by atoms with E-state index in [4.69, 9.17) is 5.11 Å². The molecule has 1 heterocycles. The van der Waals surface area contributed by atoms with Crippen LogP contribution in [0.3, 0.4) is 0 Å². The molecular weight excluding hydrogens is 562 g/mol. The number of benzene rings is 3. The lowest BCUT2D eigenvalue weighted by Crippen LogP contribution is -2.27. The van der Waals surface area contributed by atoms with Gasteiger partial charge in [0, 0.05) is 35.2 Å². The van der Waals surface area contributed by atoms with Crippen molar-refractivity contribution in [2.75, 3.05) is 11.4 Å². The average molecular weight is 616 g/mol. The summed E-state index contributed by atoms with van der Waals surface area (Å²) in [6.45, 7) is 23.7. The second-order valence-electron chi connectivity index (χ2n) is 15.0. The fraction of sp³-hybridized carbons (Fsp3) is 0.372. The maximum Gasteiger partial charge on any atom is 0.303 e. The van der Waals surface area contributed by atoms with E-state index in [-0.39, 0.29) is 17.3 Å². The molecule has 0 radical (unpaired) electrons. The maximum atomic E-state index is 11.2. The molecule has 0 atom stereocenters. The summed E-state index contributed by atoms with van der Waals surface area (Å²) in [5.41, 5.74) is 10.6. The lowest BCUT2D eigenvalue weighted by atomic mass is 9.76. The van der Waals surface area contributed by atoms with Gasteiger partial charge in [0.2, 0.25) is 0 Å². The number of hydrogen-bond donors (Lipinski definition) is 1. The normalized spacial score (nSPS) is 15.9. The Hall–Kier alpha value is -4.11. The van der Waals surface area contributed by atoms with Gasteiger partial charge in [0.25, 0.3) is 0 Å². The van der Waals surface area contributed by atoms with Crippen molar-refractivity contribution in [2.24, 2.45) is 5.41 Å². The second kappa shape index (κ2) is 14.1. The number of aliphatic carboxylic acids is 1. The van der Waals surface area contributed by atoms with Crippen LogP contribution >= 0.6 is 0 Å². The number of nitrogens with zero attached hydrogens (tertiary/aromatic N) is 1. The fourth-order valence-corrected chi connectivity index (χ4v) is 6.53. The predicted octanol–water partition coefficient (Wildman–Crippen LogP) is 11.0. The first-order valence-corrected chi connectivity index (χ1v) is 16.7. The van der Waals surface area contributed by atoms with Gasteiger partial charge >= 0.3 is 5.97 Å². The van der Waals surface area contributed by atoms with Crippen molar-refractivity contribution in [3.63, 3.8) is 0 Å². The van der Waals surface area contributed by atoms with Gasteiger partial charge < -0.3 is 10.0 Å². The molecule has 0 aromatic heterocycles. The first-order chi connectivity index (χ1) is 21.6. The van der Waals surface area contributed by atoms with E-state index in [0.717, 1.165) is 41.7 Å². The lowest BCUT2D eigenvalue weighted by Gasteiger charge is -2.28. The summed E-state index contributed by atoms with van der Waals surface area (Å²) in [7, 11) is 0. The quantitative estimate of drug-likeness (QED) is 0.206. The van der Waals surface area contributed by atoms with E-state index < -0.39 is 5.97 Å². The van der Waals surface area contributed by atoms with E-state index in [1.54, 1.807) is 0 Å². The Morgan fingerprint density at radius 1 is 0.913 bits per heavy atom. The Bertz CT molecular complexity index is 1640. The van der Waals surface area contributed by atoms with E-state index in [1.807, 2.05) is 12.1 Å². The zero-order valence-corrected chi connectivity index (χ0v) is 29.3. The van der Waals surface area contributed by atoms with Crippen LogP contribution in [0.15, 0.2) is 115 Å². The number of para-hydroxylation sites is 1. The topological polar surface area (TPSA) is 40.5 Å². The van der Waals surface area contributed by atoms with Crippen LogP contribution in [0, 0.1) is 12.3 Å². The monoisotopic (exact) mass is 615 g/mol. The molecule has 242 valence electrons. The number of fused-ring (bicyclic) bond motifs is 1. The van der Waals surface area contributed by atoms with Gasteiger partial charge in [0.15, 0.2) is 0 Å². The molecule has 46 heavy (non-hydrogen) atoms. The van der Waals surface area contributed by atoms with Crippen molar-refractivity contribution < 1.29 is 9.90 Å². The standard InChI is InChI=1S/C43H53NO2/c1-31-15-10-11-16-36(31)42(6,7)32(2)19-23-34(35-24-20-33(21-25-35)22-28-40(45)46)26-27-39-43(8,9)37-17-12-13-18-38(37)44(39)30-14-29-41(3,4)5/h10-13,15-21,23-27H,2,14,22,28-30H2,1,3-9H3,(H,45,46)/b23-19+,34-26-,39-27+. The van der Waals surface area contributed by atoms with Crippen molar-refractivity contribution in [1.82, 2.24) is 0 Å². The number of carboxylic acid groups (broad SMARTS) is 1. The Labute approximate surface area is 278 Å². The first kappa shape index (κ1) is 34.8. The van der Waals surface area contributed by atoms with Gasteiger partial charge in [-0.15, -0.1) is 0 Å². The van der Waals surface area contributed by atoms with Crippen LogP contribution in [0.2, 0.25) is 0 Å². The summed E-state index contributed by atoms with van der Waals surface area (Å²) < 4.78 is 0. The molecule has 0 saturated carbocycles. The molecule has 3 aromatic rings. The third kappa shape index (κ3) is 8.18. The van der Waals surface area contributed by atoms with E-state index in [1.165, 1.54) is 28.1 Å². The number of aryl methyl sites for hydroxylation is 2. The van der Waals surface area contributed by atoms with Gasteiger partial charge in [-0.1, -0.05) is 140 Å². The molecule has 1 aliphatic heterocycles. The van der Waals surface area contributed by atoms with E-state index in [9.17, 15) is 4.79 Å². The summed E-state index contributed by atoms with van der Waals surface area (Å²) >= 11 is 0. The minimum absolute atomic E-state index is 0.128. The minimum atomic E-state index is -0.777. The number of hydrogen-bond acceptors (Lipinski definition) is 2. The highest BCUT2D eigenvalue weighted by molar-refractivity contribution is 5.78. The van der Waals surface area contributed by atoms with Crippen LogP contribution in [0.4, 0.5) is 5.69 Å². The summed E-state index contributed by atoms with van der Waals surface area (Å²) in [5, 5.41) is 9.16. The van der Waals surface area contributed by atoms with E-state index in [2.05, 4.69) is 152 Å². The van der Waals surface area contributed by atoms with Crippen LogP contribution in [-0.2, 0) is 22.0 Å². The molecule has 3 heteroatoms. The third-order valence-electron chi connectivity index (χ3n) is 9.53. The van der Waals surface area contributed by atoms with Gasteiger partial charge in [-0.2, -0.15) is 0 Å². The number of carbonyl (C=O) groups is 1. The number of carboxylic acids is 1. The average Bonchev–Trinajstić information content (AvgIpc) is 3.21. The molecule has 0 spiro atoms. The molecule has 4 rings (SSSR count). The Morgan fingerprint density at radius 2 is 1.57 bits per heavy atom. The Kier molecular flexibility index (Phi) is 10.7. The third-order valence-corrected chi connectivity index (χ3v) is 9.53. The Balaban J connectivity index is 1.75. The number of allylic oxidation sites excluding steroid dienone is 7. The predicted molar refractivity (Wildman–Crippen MR) is 196 cm³/mol. The number of anilines is 1. The zero-order chi connectivity index (χ0) is 33.7. The van der Waals surface area contributed by atoms with Crippen LogP contribution in [-0.4, -0.2) is 17.6 Å². The SMILES string of the molecule is C=C(/C=C/C(=C/C=C1/N(CCCC(C)(C)C)c2ccccc2C1(C)C)c1ccc(CCC(=O)O)cc1)C(C)(C)c1ccccc1C. The first-order valence-electron chi connectivity index (χ1n) is 16.7. The molecule has 1 N–H and O–H groups in total. The number of rotatable bonds is 12. The molecule has 0 aliphatic carbocycles. The summed E-state index contributed by atoms with van der Waals surface area (Å²) in [5.74, 6) is -0.777. The van der Waals surface area contributed by atoms with Crippen LogP contribution in [0.25, 0.3) is 5.57 Å². The molecule has 1 aliphatic rings. The van der Waals surface area contributed by atoms with Gasteiger partial charge in [0.1, 0.15) is 0 Å². The smallest absolute Gasteiger partial charge is 0.303 e. The van der Waals surface area contributed by atoms with Crippen molar-refractivity contribution in [2.45, 2.75) is 91.9 Å². The van der Waals surface area contributed by atoms with E-state index >= 15 is 0 Å². The molecule has 3 nitrogen and oxygen atoms in total. The molecule has 0 fully saturated rings. The van der Waals surface area contributed by atoms with Gasteiger partial charge in [0.05, 0.1) is 0 Å². The summed E-state index contributed by atoms with van der Waals surface area (Å²) in [6, 6.07) is 25.7. The lowest BCUT2D eigenvalue weighted by molar-refractivity contribution is -0.136. The second-order valence-corrected chi connectivity index (χ2v) is 15.0. The minimum Gasteiger partial charge on any atom is -0.481 e. The van der Waals surface area contributed by atoms with Crippen LogP contribution in [0.1, 0.15) is 95.5 Å². The highest BCUT2D eigenvalue weighted by Gasteiger charge is 2.39. The van der Waals surface area contributed by atoms with Crippen molar-refractivity contribution in [3.05, 3.63) is 143 Å². The summed E-state index contributed by atoms with van der Waals surface area (Å²) in [6.07, 6.45) is 11.8. The van der Waals surface area contributed by atoms with Crippen molar-refractivity contribution in [3.8, 4) is 0 Å². The molecule has 3 aromatic carbocycles. The highest BCUT2D eigenvalue weighted by atomic mass is 16.4. The van der Waals surface area contributed by atoms with Gasteiger partial charge in [-0.25, -0.2) is 0 Å². The van der Waals surface area contributed by atoms with Crippen LogP contribution in [0.5, 0.6) is 0 Å². The Morgan fingerprint density at radius 3 is 2.22 bits per heavy atom. The van der Waals surface area contributed by atoms with Crippen molar-refractivity contribution >= 4 is 17.2 Å². The van der Waals surface area contributed by atoms with Gasteiger partial charge in [-0.3, -0.25) is 4.79 Å². The highest BCUT2D eigenvalue weighted by Crippen LogP contribution is 2.48. The van der Waals surface area contributed by atoms with Crippen LogP contribution < -0.4 is 4.90 Å². The molecule has 0 unspecified atom stereocenters. The molecular formula is C43H53NO2. The fourth-order valence-electron chi connectivity index (χ4n) is 6.53. The molecule has 0 saturated heterocycles. The molecule has 0 amide bonds. The van der Waals surface area contributed by atoms with Gasteiger partial charge in [-0.05, 0) is 82.7 Å². The maximum absolute atomic E-state index is 11.2. The largest absolute Gasteiger partial charge is 0.481 e. The van der Waals surface area contributed by atoms with Crippen molar-refractivity contribution in [1.29, 1.82) is 0 Å². The molecule has 0 bridgehead atoms. The summed E-state index contributed by atoms with van der Waals surface area (Å²) in [4.78, 5) is 13.7. The van der Waals surface area contributed by atoms with E-state index in [0.29, 0.717) is 11.8 Å².